The second kappa shape index (κ2) is 6.59. The third-order valence-electron chi connectivity index (χ3n) is 4.41. The maximum Gasteiger partial charge on any atom is 0.270 e. The van der Waals surface area contributed by atoms with Crippen molar-refractivity contribution in [3.05, 3.63) is 63.3 Å². The second-order valence-electron chi connectivity index (χ2n) is 6.81. The molecule has 3 rings (SSSR count). The van der Waals surface area contributed by atoms with E-state index in [2.05, 4.69) is 41.3 Å². The van der Waals surface area contributed by atoms with Crippen LogP contribution in [0.15, 0.2) is 35.1 Å². The Labute approximate surface area is 141 Å². The monoisotopic (exact) mass is 325 g/mol. The van der Waals surface area contributed by atoms with Gasteiger partial charge in [0, 0.05) is 12.0 Å². The topological polar surface area (TPSA) is 74.8 Å². The number of nitrogens with one attached hydrogen (secondary N) is 2. The lowest BCUT2D eigenvalue weighted by atomic mass is 9.99. The highest BCUT2D eigenvalue weighted by Crippen LogP contribution is 2.37. The van der Waals surface area contributed by atoms with Gasteiger partial charge in [-0.3, -0.25) is 9.59 Å². The van der Waals surface area contributed by atoms with Crippen molar-refractivity contribution >= 4 is 5.91 Å². The van der Waals surface area contributed by atoms with E-state index in [0.29, 0.717) is 17.7 Å². The fraction of sp³-hybridized carbons (Fsp3) is 0.421. The number of rotatable bonds is 5. The number of aromatic amines is 1. The molecule has 5 heteroatoms. The first-order valence-corrected chi connectivity index (χ1v) is 8.46. The van der Waals surface area contributed by atoms with Crippen molar-refractivity contribution in [1.82, 2.24) is 15.3 Å². The summed E-state index contributed by atoms with van der Waals surface area (Å²) in [7, 11) is 0. The van der Waals surface area contributed by atoms with Crippen molar-refractivity contribution in [3.63, 3.8) is 0 Å². The van der Waals surface area contributed by atoms with Crippen LogP contribution in [-0.4, -0.2) is 15.9 Å². The zero-order valence-electron chi connectivity index (χ0n) is 14.3. The highest BCUT2D eigenvalue weighted by Gasteiger charge is 2.27. The minimum atomic E-state index is -0.316. The molecule has 5 nitrogen and oxygen atoms in total. The van der Waals surface area contributed by atoms with Crippen LogP contribution < -0.4 is 10.9 Å². The van der Waals surface area contributed by atoms with Crippen molar-refractivity contribution in [3.8, 4) is 0 Å². The number of carbonyl (C=O) groups excluding carboxylic acids is 1. The van der Waals surface area contributed by atoms with Crippen LogP contribution in [0.5, 0.6) is 0 Å². The van der Waals surface area contributed by atoms with Gasteiger partial charge in [0.1, 0.15) is 11.5 Å². The standard InChI is InChI=1S/C19H23N3O2/c1-11(2)13-4-6-14(7-5-13)12(3)20-19(24)16-10-17(23)22-18(21-16)15-8-9-15/h4-7,10-12,15H,8-9H2,1-3H3,(H,20,24)(H,21,22,23). The van der Waals surface area contributed by atoms with E-state index in [1.807, 2.05) is 19.1 Å². The van der Waals surface area contributed by atoms with Crippen LogP contribution >= 0.6 is 0 Å². The van der Waals surface area contributed by atoms with Gasteiger partial charge in [-0.25, -0.2) is 4.98 Å². The number of nitrogens with zero attached hydrogens (tertiary/aromatic N) is 1. The number of hydrogen-bond acceptors (Lipinski definition) is 3. The average molecular weight is 325 g/mol. The highest BCUT2D eigenvalue weighted by atomic mass is 16.2. The Morgan fingerprint density at radius 2 is 1.79 bits per heavy atom. The molecular formula is C19H23N3O2. The van der Waals surface area contributed by atoms with Gasteiger partial charge in [0.2, 0.25) is 0 Å². The Balaban J connectivity index is 1.73. The fourth-order valence-electron chi connectivity index (χ4n) is 2.67. The first-order valence-electron chi connectivity index (χ1n) is 8.46. The Morgan fingerprint density at radius 3 is 2.38 bits per heavy atom. The first kappa shape index (κ1) is 16.4. The number of H-pyrrole nitrogens is 1. The van der Waals surface area contributed by atoms with E-state index >= 15 is 0 Å². The SMILES string of the molecule is CC(C)c1ccc(C(C)NC(=O)c2cc(=O)[nH]c(C3CC3)n2)cc1. The molecule has 1 fully saturated rings. The van der Waals surface area contributed by atoms with E-state index < -0.39 is 0 Å². The Bertz CT molecular complexity index is 789. The van der Waals surface area contributed by atoms with Crippen LogP contribution in [0.3, 0.4) is 0 Å². The van der Waals surface area contributed by atoms with Crippen LogP contribution in [0.25, 0.3) is 0 Å². The molecule has 0 bridgehead atoms. The summed E-state index contributed by atoms with van der Waals surface area (Å²) in [5, 5.41) is 2.92. The third kappa shape index (κ3) is 3.72. The lowest BCUT2D eigenvalue weighted by Gasteiger charge is -2.15. The van der Waals surface area contributed by atoms with Gasteiger partial charge in [0.25, 0.3) is 11.5 Å². The molecule has 0 radical (unpaired) electrons. The largest absolute Gasteiger partial charge is 0.344 e. The molecule has 126 valence electrons. The highest BCUT2D eigenvalue weighted by molar-refractivity contribution is 5.92. The van der Waals surface area contributed by atoms with Gasteiger partial charge in [0.15, 0.2) is 0 Å². The fourth-order valence-corrected chi connectivity index (χ4v) is 2.67. The van der Waals surface area contributed by atoms with Gasteiger partial charge in [-0.1, -0.05) is 38.1 Å². The van der Waals surface area contributed by atoms with Gasteiger partial charge in [-0.05, 0) is 36.8 Å². The number of carbonyl (C=O) groups is 1. The normalized spacial score (nSPS) is 15.3. The molecule has 0 spiro atoms. The molecule has 1 aromatic carbocycles. The van der Waals surface area contributed by atoms with Crippen LogP contribution in [0.1, 0.15) is 78.9 Å². The van der Waals surface area contributed by atoms with E-state index in [4.69, 9.17) is 0 Å². The second-order valence-corrected chi connectivity index (χ2v) is 6.81. The molecule has 1 aliphatic carbocycles. The first-order chi connectivity index (χ1) is 11.4. The van der Waals surface area contributed by atoms with E-state index in [0.717, 1.165) is 18.4 Å². The van der Waals surface area contributed by atoms with Crippen LogP contribution in [0, 0.1) is 0 Å². The number of amides is 1. The van der Waals surface area contributed by atoms with Crippen LogP contribution in [0.4, 0.5) is 0 Å². The molecule has 1 unspecified atom stereocenters. The molecule has 1 aromatic heterocycles. The van der Waals surface area contributed by atoms with Crippen molar-refractivity contribution in [2.45, 2.75) is 51.5 Å². The molecule has 24 heavy (non-hydrogen) atoms. The maximum atomic E-state index is 12.4. The third-order valence-corrected chi connectivity index (χ3v) is 4.41. The van der Waals surface area contributed by atoms with Gasteiger partial charge < -0.3 is 10.3 Å². The Hall–Kier alpha value is -2.43. The van der Waals surface area contributed by atoms with Gasteiger partial charge in [-0.15, -0.1) is 0 Å². The predicted molar refractivity (Wildman–Crippen MR) is 93.2 cm³/mol. The maximum absolute atomic E-state index is 12.4. The van der Waals surface area contributed by atoms with Crippen LogP contribution in [0.2, 0.25) is 0 Å². The summed E-state index contributed by atoms with van der Waals surface area (Å²) in [6.07, 6.45) is 2.04. The van der Waals surface area contributed by atoms with Crippen molar-refractivity contribution in [2.24, 2.45) is 0 Å². The van der Waals surface area contributed by atoms with E-state index in [9.17, 15) is 9.59 Å². The van der Waals surface area contributed by atoms with E-state index in [1.54, 1.807) is 0 Å². The average Bonchev–Trinajstić information content (AvgIpc) is 3.39. The quantitative estimate of drug-likeness (QED) is 0.886. The molecule has 1 saturated carbocycles. The minimum Gasteiger partial charge on any atom is -0.344 e. The summed E-state index contributed by atoms with van der Waals surface area (Å²) < 4.78 is 0. The minimum absolute atomic E-state index is 0.149. The predicted octanol–water partition coefficient (Wildman–Crippen LogP) is 3.26. The van der Waals surface area contributed by atoms with Crippen molar-refractivity contribution in [2.75, 3.05) is 0 Å². The summed E-state index contributed by atoms with van der Waals surface area (Å²) in [5.41, 5.74) is 2.21. The molecule has 1 aliphatic rings. The lowest BCUT2D eigenvalue weighted by Crippen LogP contribution is -2.29. The van der Waals surface area contributed by atoms with Gasteiger partial charge in [0.05, 0.1) is 6.04 Å². The Morgan fingerprint density at radius 1 is 1.17 bits per heavy atom. The summed E-state index contributed by atoms with van der Waals surface area (Å²) in [4.78, 5) is 31.2. The number of hydrogen-bond donors (Lipinski definition) is 2. The van der Waals surface area contributed by atoms with E-state index in [1.165, 1.54) is 11.6 Å². The number of aromatic nitrogens is 2. The molecule has 1 atom stereocenters. The summed E-state index contributed by atoms with van der Waals surface area (Å²) >= 11 is 0. The zero-order chi connectivity index (χ0) is 17.3. The van der Waals surface area contributed by atoms with Gasteiger partial charge >= 0.3 is 0 Å². The molecule has 0 saturated heterocycles. The lowest BCUT2D eigenvalue weighted by molar-refractivity contribution is 0.0934. The smallest absolute Gasteiger partial charge is 0.270 e. The van der Waals surface area contributed by atoms with Crippen molar-refractivity contribution in [1.29, 1.82) is 0 Å². The Kier molecular flexibility index (Phi) is 4.51. The number of benzene rings is 1. The van der Waals surface area contributed by atoms with Gasteiger partial charge in [-0.2, -0.15) is 0 Å². The van der Waals surface area contributed by atoms with Crippen LogP contribution in [-0.2, 0) is 0 Å². The molecule has 1 heterocycles. The molecule has 0 aliphatic heterocycles. The molecular weight excluding hydrogens is 302 g/mol. The molecule has 2 N–H and O–H groups in total. The van der Waals surface area contributed by atoms with Crippen molar-refractivity contribution < 1.29 is 4.79 Å². The summed E-state index contributed by atoms with van der Waals surface area (Å²) in [5.74, 6) is 1.08. The summed E-state index contributed by atoms with van der Waals surface area (Å²) in [6, 6.07) is 9.33. The summed E-state index contributed by atoms with van der Waals surface area (Å²) in [6.45, 7) is 6.23. The van der Waals surface area contributed by atoms with E-state index in [-0.39, 0.29) is 23.2 Å². The molecule has 2 aromatic rings. The zero-order valence-corrected chi connectivity index (χ0v) is 14.3. The molecule has 1 amide bonds.